The highest BCUT2D eigenvalue weighted by Gasteiger charge is 2.28. The summed E-state index contributed by atoms with van der Waals surface area (Å²) in [6.07, 6.45) is 0. The standard InChI is InChI=1S/C19H28ClN5O2/c1-4-22-18(23-13-19(2,3)17(21)27)25-10-9-24(16(26)12-25)11-14-5-7-15(20)8-6-14/h5-8H,4,9-13H2,1-3H3,(H2,21,27)(H,22,23). The fourth-order valence-corrected chi connectivity index (χ4v) is 2.77. The third-order valence-corrected chi connectivity index (χ3v) is 4.78. The average molecular weight is 394 g/mol. The molecule has 1 aliphatic heterocycles. The Morgan fingerprint density at radius 1 is 1.30 bits per heavy atom. The van der Waals surface area contributed by atoms with E-state index in [4.69, 9.17) is 17.3 Å². The zero-order chi connectivity index (χ0) is 20.0. The van der Waals surface area contributed by atoms with E-state index in [-0.39, 0.29) is 19.0 Å². The molecule has 3 N–H and O–H groups in total. The van der Waals surface area contributed by atoms with Crippen molar-refractivity contribution in [3.8, 4) is 0 Å². The van der Waals surface area contributed by atoms with Gasteiger partial charge in [-0.3, -0.25) is 14.6 Å². The van der Waals surface area contributed by atoms with Gasteiger partial charge in [-0.2, -0.15) is 0 Å². The number of carbonyl (C=O) groups excluding carboxylic acids is 2. The van der Waals surface area contributed by atoms with Gasteiger partial charge < -0.3 is 20.9 Å². The maximum absolute atomic E-state index is 12.6. The summed E-state index contributed by atoms with van der Waals surface area (Å²) in [5, 5.41) is 3.87. The van der Waals surface area contributed by atoms with Crippen molar-refractivity contribution in [3.63, 3.8) is 0 Å². The minimum absolute atomic E-state index is 0.0379. The number of amides is 2. The van der Waals surface area contributed by atoms with E-state index in [0.29, 0.717) is 37.2 Å². The highest BCUT2D eigenvalue weighted by atomic mass is 35.5. The van der Waals surface area contributed by atoms with Gasteiger partial charge in [-0.25, -0.2) is 0 Å². The van der Waals surface area contributed by atoms with Gasteiger partial charge >= 0.3 is 0 Å². The number of hydrogen-bond donors (Lipinski definition) is 2. The normalized spacial score (nSPS) is 15.9. The van der Waals surface area contributed by atoms with Gasteiger partial charge in [-0.15, -0.1) is 0 Å². The first-order valence-corrected chi connectivity index (χ1v) is 9.46. The second-order valence-corrected chi connectivity index (χ2v) is 7.72. The number of aliphatic imine (C=N–C) groups is 1. The Hall–Kier alpha value is -2.28. The average Bonchev–Trinajstić information content (AvgIpc) is 2.62. The maximum Gasteiger partial charge on any atom is 0.242 e. The molecule has 0 unspecified atom stereocenters. The molecule has 0 atom stereocenters. The van der Waals surface area contributed by atoms with Gasteiger partial charge in [0.05, 0.1) is 18.5 Å². The molecule has 8 heteroatoms. The van der Waals surface area contributed by atoms with Gasteiger partial charge in [-0.05, 0) is 38.5 Å². The molecule has 1 fully saturated rings. The zero-order valence-electron chi connectivity index (χ0n) is 16.2. The molecule has 1 heterocycles. The van der Waals surface area contributed by atoms with Crippen molar-refractivity contribution in [2.75, 3.05) is 32.7 Å². The molecule has 0 aromatic heterocycles. The number of benzene rings is 1. The van der Waals surface area contributed by atoms with Crippen LogP contribution >= 0.6 is 11.6 Å². The smallest absolute Gasteiger partial charge is 0.242 e. The molecule has 2 amide bonds. The van der Waals surface area contributed by atoms with Crippen LogP contribution < -0.4 is 11.1 Å². The van der Waals surface area contributed by atoms with E-state index in [1.165, 1.54) is 0 Å². The Bertz CT molecular complexity index is 703. The SMILES string of the molecule is CCNC(=NCC(C)(C)C(N)=O)N1CCN(Cc2ccc(Cl)cc2)C(=O)C1. The van der Waals surface area contributed by atoms with Gasteiger partial charge in [0.2, 0.25) is 11.8 Å². The van der Waals surface area contributed by atoms with Crippen molar-refractivity contribution in [2.24, 2.45) is 16.1 Å². The van der Waals surface area contributed by atoms with Crippen molar-refractivity contribution in [2.45, 2.75) is 27.3 Å². The lowest BCUT2D eigenvalue weighted by Gasteiger charge is -2.36. The first kappa shape index (κ1) is 21.0. The van der Waals surface area contributed by atoms with E-state index < -0.39 is 11.3 Å². The number of carbonyl (C=O) groups is 2. The molecule has 1 aromatic carbocycles. The number of nitrogens with zero attached hydrogens (tertiary/aromatic N) is 3. The molecule has 0 radical (unpaired) electrons. The van der Waals surface area contributed by atoms with E-state index in [0.717, 1.165) is 5.56 Å². The number of halogens is 1. The summed E-state index contributed by atoms with van der Waals surface area (Å²) in [5.41, 5.74) is 5.73. The molecule has 0 aliphatic carbocycles. The van der Waals surface area contributed by atoms with Crippen molar-refractivity contribution in [1.82, 2.24) is 15.1 Å². The maximum atomic E-state index is 12.6. The highest BCUT2D eigenvalue weighted by molar-refractivity contribution is 6.30. The van der Waals surface area contributed by atoms with E-state index in [9.17, 15) is 9.59 Å². The summed E-state index contributed by atoms with van der Waals surface area (Å²) in [4.78, 5) is 32.4. The first-order valence-electron chi connectivity index (χ1n) is 9.08. The van der Waals surface area contributed by atoms with Crippen molar-refractivity contribution < 1.29 is 9.59 Å². The molecule has 0 bridgehead atoms. The predicted molar refractivity (Wildman–Crippen MR) is 107 cm³/mol. The number of nitrogens with one attached hydrogen (secondary N) is 1. The summed E-state index contributed by atoms with van der Waals surface area (Å²) in [5.74, 6) is 0.272. The number of hydrogen-bond acceptors (Lipinski definition) is 3. The Morgan fingerprint density at radius 2 is 1.96 bits per heavy atom. The highest BCUT2D eigenvalue weighted by Crippen LogP contribution is 2.16. The predicted octanol–water partition coefficient (Wildman–Crippen LogP) is 1.46. The molecule has 148 valence electrons. The minimum Gasteiger partial charge on any atom is -0.369 e. The first-order chi connectivity index (χ1) is 12.7. The quantitative estimate of drug-likeness (QED) is 0.565. The Labute approximate surface area is 165 Å². The number of nitrogens with two attached hydrogens (primary N) is 1. The molecule has 27 heavy (non-hydrogen) atoms. The fraction of sp³-hybridized carbons (Fsp3) is 0.526. The monoisotopic (exact) mass is 393 g/mol. The Kier molecular flexibility index (Phi) is 7.07. The second-order valence-electron chi connectivity index (χ2n) is 7.28. The molecule has 1 aliphatic rings. The molecular weight excluding hydrogens is 366 g/mol. The number of rotatable bonds is 6. The second kappa shape index (κ2) is 9.08. The molecule has 1 aromatic rings. The van der Waals surface area contributed by atoms with Crippen LogP contribution in [0, 0.1) is 5.41 Å². The van der Waals surface area contributed by atoms with Gasteiger partial charge in [0.25, 0.3) is 0 Å². The number of piperazine rings is 1. The van der Waals surface area contributed by atoms with Crippen LogP contribution in [0.25, 0.3) is 0 Å². The third kappa shape index (κ3) is 5.85. The summed E-state index contributed by atoms with van der Waals surface area (Å²) in [7, 11) is 0. The molecule has 0 saturated carbocycles. The van der Waals surface area contributed by atoms with E-state index in [1.807, 2.05) is 41.0 Å². The van der Waals surface area contributed by atoms with Gasteiger partial charge in [0.1, 0.15) is 0 Å². The Morgan fingerprint density at radius 3 is 2.52 bits per heavy atom. The molecule has 1 saturated heterocycles. The van der Waals surface area contributed by atoms with Crippen molar-refractivity contribution in [3.05, 3.63) is 34.9 Å². The zero-order valence-corrected chi connectivity index (χ0v) is 16.9. The topological polar surface area (TPSA) is 91.0 Å². The van der Waals surface area contributed by atoms with Crippen LogP contribution in [0.15, 0.2) is 29.3 Å². The molecular formula is C19H28ClN5O2. The summed E-state index contributed by atoms with van der Waals surface area (Å²) < 4.78 is 0. The lowest BCUT2D eigenvalue weighted by Crippen LogP contribution is -2.55. The Balaban J connectivity index is 2.01. The van der Waals surface area contributed by atoms with Crippen molar-refractivity contribution >= 4 is 29.4 Å². The molecule has 0 spiro atoms. The molecule has 2 rings (SSSR count). The van der Waals surface area contributed by atoms with Crippen LogP contribution in [0.5, 0.6) is 0 Å². The minimum atomic E-state index is -0.735. The third-order valence-electron chi connectivity index (χ3n) is 4.53. The van der Waals surface area contributed by atoms with Crippen LogP contribution in [-0.2, 0) is 16.1 Å². The summed E-state index contributed by atoms with van der Waals surface area (Å²) in [6, 6.07) is 7.51. The fourth-order valence-electron chi connectivity index (χ4n) is 2.64. The lowest BCUT2D eigenvalue weighted by atomic mass is 9.93. The van der Waals surface area contributed by atoms with Gasteiger partial charge in [0, 0.05) is 31.2 Å². The van der Waals surface area contributed by atoms with Gasteiger partial charge in [0.15, 0.2) is 5.96 Å². The van der Waals surface area contributed by atoms with E-state index in [1.54, 1.807) is 13.8 Å². The lowest BCUT2D eigenvalue weighted by molar-refractivity contribution is -0.135. The van der Waals surface area contributed by atoms with Crippen LogP contribution in [0.2, 0.25) is 5.02 Å². The van der Waals surface area contributed by atoms with Crippen molar-refractivity contribution in [1.29, 1.82) is 0 Å². The molecule has 7 nitrogen and oxygen atoms in total. The van der Waals surface area contributed by atoms with Gasteiger partial charge in [-0.1, -0.05) is 23.7 Å². The summed E-state index contributed by atoms with van der Waals surface area (Å²) >= 11 is 5.91. The van der Waals surface area contributed by atoms with Crippen LogP contribution in [0.4, 0.5) is 0 Å². The van der Waals surface area contributed by atoms with E-state index >= 15 is 0 Å². The summed E-state index contributed by atoms with van der Waals surface area (Å²) in [6.45, 7) is 8.51. The largest absolute Gasteiger partial charge is 0.369 e. The van der Waals surface area contributed by atoms with Crippen LogP contribution in [0.3, 0.4) is 0 Å². The van der Waals surface area contributed by atoms with Crippen LogP contribution in [0.1, 0.15) is 26.3 Å². The van der Waals surface area contributed by atoms with Crippen LogP contribution in [-0.4, -0.2) is 60.3 Å². The number of guanidine groups is 1. The van der Waals surface area contributed by atoms with E-state index in [2.05, 4.69) is 10.3 Å². The number of primary amides is 1.